The Kier molecular flexibility index (Phi) is 8.10. The van der Waals surface area contributed by atoms with Crippen LogP contribution in [0, 0.1) is 5.41 Å². The first-order valence-electron chi connectivity index (χ1n) is 12.2. The maximum absolute atomic E-state index is 13.3. The van der Waals surface area contributed by atoms with Gasteiger partial charge in [0, 0.05) is 25.7 Å². The zero-order valence-corrected chi connectivity index (χ0v) is 21.2. The third-order valence-corrected chi connectivity index (χ3v) is 8.27. The summed E-state index contributed by atoms with van der Waals surface area (Å²) < 4.78 is 28.4. The molecule has 2 aromatic rings. The van der Waals surface area contributed by atoms with E-state index in [1.165, 1.54) is 21.9 Å². The van der Waals surface area contributed by atoms with Gasteiger partial charge in [0.15, 0.2) is 5.96 Å². The summed E-state index contributed by atoms with van der Waals surface area (Å²) in [5.41, 5.74) is 5.61. The van der Waals surface area contributed by atoms with Gasteiger partial charge in [0.25, 0.3) is 0 Å². The Labute approximate surface area is 215 Å². The summed E-state index contributed by atoms with van der Waals surface area (Å²) in [7, 11) is -4.08. The number of carbonyl (C=O) groups is 2. The number of amides is 2. The molecule has 0 aromatic heterocycles. The maximum Gasteiger partial charge on any atom is 0.243 e. The topological polar surface area (TPSA) is 169 Å². The molecule has 1 unspecified atom stereocenters. The summed E-state index contributed by atoms with van der Waals surface area (Å²) in [6.45, 7) is 0.228. The van der Waals surface area contributed by atoms with Crippen LogP contribution in [0.2, 0.25) is 0 Å². The Morgan fingerprint density at radius 3 is 2.62 bits per heavy atom. The van der Waals surface area contributed by atoms with Crippen LogP contribution < -0.4 is 15.8 Å². The smallest absolute Gasteiger partial charge is 0.243 e. The number of aliphatic hydroxyl groups excluding tert-OH is 1. The van der Waals surface area contributed by atoms with Crippen molar-refractivity contribution in [3.05, 3.63) is 54.6 Å². The molecule has 1 fully saturated rings. The van der Waals surface area contributed by atoms with E-state index < -0.39 is 34.6 Å². The van der Waals surface area contributed by atoms with Crippen molar-refractivity contribution in [1.29, 1.82) is 5.41 Å². The van der Waals surface area contributed by atoms with E-state index in [0.717, 1.165) is 10.8 Å². The molecule has 0 saturated carbocycles. The first-order valence-corrected chi connectivity index (χ1v) is 13.7. The van der Waals surface area contributed by atoms with Crippen molar-refractivity contribution in [3.63, 3.8) is 0 Å². The highest BCUT2D eigenvalue weighted by molar-refractivity contribution is 7.89. The number of rotatable bonds is 8. The summed E-state index contributed by atoms with van der Waals surface area (Å²) in [5.74, 6) is -1.03. The van der Waals surface area contributed by atoms with Crippen molar-refractivity contribution in [2.75, 3.05) is 26.2 Å². The maximum atomic E-state index is 13.3. The molecule has 2 aromatic carbocycles. The number of nitrogens with one attached hydrogen (secondary N) is 3. The van der Waals surface area contributed by atoms with Gasteiger partial charge in [0.05, 0.1) is 11.5 Å². The van der Waals surface area contributed by atoms with E-state index >= 15 is 0 Å². The Morgan fingerprint density at radius 1 is 1.14 bits per heavy atom. The fraction of sp³-hybridized carbons (Fsp3) is 0.400. The van der Waals surface area contributed by atoms with Gasteiger partial charge in [-0.3, -0.25) is 15.0 Å². The summed E-state index contributed by atoms with van der Waals surface area (Å²) in [4.78, 5) is 29.1. The van der Waals surface area contributed by atoms with Crippen molar-refractivity contribution in [2.45, 2.75) is 42.3 Å². The van der Waals surface area contributed by atoms with Gasteiger partial charge >= 0.3 is 0 Å². The van der Waals surface area contributed by atoms with Gasteiger partial charge in [-0.05, 0) is 42.2 Å². The molecule has 6 N–H and O–H groups in total. The van der Waals surface area contributed by atoms with E-state index in [1.807, 2.05) is 24.3 Å². The first-order chi connectivity index (χ1) is 17.7. The van der Waals surface area contributed by atoms with Crippen molar-refractivity contribution in [1.82, 2.24) is 19.8 Å². The Balaban J connectivity index is 1.41. The Bertz CT molecular complexity index is 1310. The van der Waals surface area contributed by atoms with Gasteiger partial charge in [0.1, 0.15) is 12.1 Å². The van der Waals surface area contributed by atoms with Crippen LogP contribution in [-0.2, 0) is 19.6 Å². The Morgan fingerprint density at radius 2 is 1.89 bits per heavy atom. The van der Waals surface area contributed by atoms with Crippen LogP contribution in [0.5, 0.6) is 0 Å². The summed E-state index contributed by atoms with van der Waals surface area (Å²) in [6.07, 6.45) is 5.44. The molecule has 1 saturated heterocycles. The minimum atomic E-state index is -4.08. The molecular formula is C25H32N6O5S. The molecule has 3 atom stereocenters. The van der Waals surface area contributed by atoms with Crippen LogP contribution in [0.25, 0.3) is 10.8 Å². The number of likely N-dealkylation sites (tertiary alicyclic amines) is 1. The molecule has 0 spiro atoms. The van der Waals surface area contributed by atoms with Crippen molar-refractivity contribution < 1.29 is 23.1 Å². The molecule has 11 nitrogen and oxygen atoms in total. The predicted molar refractivity (Wildman–Crippen MR) is 139 cm³/mol. The number of benzene rings is 2. The van der Waals surface area contributed by atoms with Crippen molar-refractivity contribution >= 4 is 38.6 Å². The summed E-state index contributed by atoms with van der Waals surface area (Å²) in [6, 6.07) is 9.69. The molecule has 0 radical (unpaired) electrons. The molecule has 4 rings (SSSR count). The second-order valence-electron chi connectivity index (χ2n) is 9.20. The number of fused-ring (bicyclic) bond motifs is 1. The lowest BCUT2D eigenvalue weighted by atomic mass is 10.1. The van der Waals surface area contributed by atoms with Gasteiger partial charge in [0.2, 0.25) is 21.8 Å². The van der Waals surface area contributed by atoms with Crippen LogP contribution in [-0.4, -0.2) is 85.5 Å². The molecular weight excluding hydrogens is 496 g/mol. The highest BCUT2D eigenvalue weighted by Crippen LogP contribution is 2.21. The summed E-state index contributed by atoms with van der Waals surface area (Å²) in [5, 5.41) is 22.1. The van der Waals surface area contributed by atoms with E-state index in [2.05, 4.69) is 10.0 Å². The largest absolute Gasteiger partial charge is 0.394 e. The number of guanidine groups is 1. The molecule has 0 aliphatic carbocycles. The molecule has 0 bridgehead atoms. The molecule has 2 aliphatic heterocycles. The molecule has 2 amide bonds. The van der Waals surface area contributed by atoms with E-state index in [0.29, 0.717) is 32.4 Å². The van der Waals surface area contributed by atoms with Crippen LogP contribution in [0.15, 0.2) is 59.5 Å². The number of sulfonamides is 1. The highest BCUT2D eigenvalue weighted by Gasteiger charge is 2.36. The Hall–Kier alpha value is -3.48. The van der Waals surface area contributed by atoms with Crippen molar-refractivity contribution in [2.24, 2.45) is 5.73 Å². The third kappa shape index (κ3) is 5.92. The summed E-state index contributed by atoms with van der Waals surface area (Å²) >= 11 is 0. The van der Waals surface area contributed by atoms with Gasteiger partial charge in [-0.2, -0.15) is 4.72 Å². The molecule has 2 heterocycles. The van der Waals surface area contributed by atoms with E-state index in [1.54, 1.807) is 18.2 Å². The number of carbonyl (C=O) groups excluding carboxylic acids is 2. The lowest BCUT2D eigenvalue weighted by Crippen LogP contribution is -2.56. The standard InChI is InChI=1S/C25H32N6O5S/c26-25(27)31-12-4-3-9-22(31)23(33)28-15-19-8-5-13-30(19)24(34)21(16-32)29-37(35,36)20-11-10-17-6-1-2-7-18(17)14-20/h1-4,6-7,10-11,14,19,21-22,29,32H,5,8-9,12-13,15-16H2,(H3,26,27)(H,28,33)/t19?,21-,22+/m0/s1. The fourth-order valence-corrected chi connectivity index (χ4v) is 6.03. The number of nitrogens with two attached hydrogens (primary N) is 1. The SMILES string of the molecule is N=C(N)N1CC=CC[C@@H]1C(=O)NCC1CCCN1C(=O)[C@H](CO)NS(=O)(=O)c1ccc2ccccc2c1. The lowest BCUT2D eigenvalue weighted by molar-refractivity contribution is -0.135. The van der Waals surface area contributed by atoms with Crippen LogP contribution >= 0.6 is 0 Å². The molecule has 2 aliphatic rings. The average Bonchev–Trinajstić information content (AvgIpc) is 3.38. The third-order valence-electron chi connectivity index (χ3n) is 6.80. The van der Waals surface area contributed by atoms with Crippen LogP contribution in [0.1, 0.15) is 19.3 Å². The van der Waals surface area contributed by atoms with Gasteiger partial charge in [-0.25, -0.2) is 8.42 Å². The second-order valence-corrected chi connectivity index (χ2v) is 10.9. The minimum absolute atomic E-state index is 0.000701. The number of aliphatic hydroxyl groups is 1. The normalized spacial score (nSPS) is 20.7. The second kappa shape index (κ2) is 11.3. The predicted octanol–water partition coefficient (Wildman–Crippen LogP) is 0.110. The van der Waals surface area contributed by atoms with E-state index in [-0.39, 0.29) is 29.3 Å². The molecule has 12 heteroatoms. The quantitative estimate of drug-likeness (QED) is 0.184. The van der Waals surface area contributed by atoms with Crippen molar-refractivity contribution in [3.8, 4) is 0 Å². The van der Waals surface area contributed by atoms with Gasteiger partial charge in [-0.1, -0.05) is 42.5 Å². The zero-order valence-electron chi connectivity index (χ0n) is 20.3. The monoisotopic (exact) mass is 528 g/mol. The van der Waals surface area contributed by atoms with Crippen LogP contribution in [0.3, 0.4) is 0 Å². The molecule has 37 heavy (non-hydrogen) atoms. The van der Waals surface area contributed by atoms with Gasteiger partial charge < -0.3 is 26.0 Å². The van der Waals surface area contributed by atoms with Gasteiger partial charge in [-0.15, -0.1) is 0 Å². The minimum Gasteiger partial charge on any atom is -0.394 e. The van der Waals surface area contributed by atoms with E-state index in [9.17, 15) is 23.1 Å². The average molecular weight is 529 g/mol. The number of hydrogen-bond donors (Lipinski definition) is 5. The zero-order chi connectivity index (χ0) is 26.6. The highest BCUT2D eigenvalue weighted by atomic mass is 32.2. The van der Waals surface area contributed by atoms with E-state index in [4.69, 9.17) is 11.1 Å². The number of hydrogen-bond acceptors (Lipinski definition) is 6. The molecule has 198 valence electrons. The van der Waals surface area contributed by atoms with Crippen LogP contribution in [0.4, 0.5) is 0 Å². The number of nitrogens with zero attached hydrogens (tertiary/aromatic N) is 2. The lowest BCUT2D eigenvalue weighted by Gasteiger charge is -2.33. The fourth-order valence-electron chi connectivity index (χ4n) is 4.81. The first kappa shape index (κ1) is 26.6.